The molecule has 0 N–H and O–H groups in total. The van der Waals surface area contributed by atoms with Crippen molar-refractivity contribution in [2.45, 2.75) is 38.5 Å². The molecule has 0 unspecified atom stereocenters. The Morgan fingerprint density at radius 2 is 1.88 bits per heavy atom. The molecule has 0 aromatic carbocycles. The molecule has 0 atom stereocenters. The summed E-state index contributed by atoms with van der Waals surface area (Å²) in [7, 11) is -3.28. The highest BCUT2D eigenvalue weighted by atomic mass is 32.2. The smallest absolute Gasteiger partial charge is 0.254 e. The van der Waals surface area contributed by atoms with Gasteiger partial charge in [-0.2, -0.15) is 0 Å². The summed E-state index contributed by atoms with van der Waals surface area (Å²) < 4.78 is 22.5. The summed E-state index contributed by atoms with van der Waals surface area (Å²) >= 11 is 1.69. The Morgan fingerprint density at radius 3 is 2.54 bits per heavy atom. The fraction of sp³-hybridized carbons (Fsp3) is 0.647. The molecule has 1 amide bonds. The van der Waals surface area contributed by atoms with Gasteiger partial charge in [0.15, 0.2) is 15.6 Å². The zero-order chi connectivity index (χ0) is 17.3. The standard InChI is InChI=1S/C17H23NO4S2/c1-24(21,22)11-15(19)12-6-8-18(9-7-12)17(20)14-10-23-16-5-3-2-4-13(14)16/h10,12H,2-9,11H2,1H3. The SMILES string of the molecule is CS(=O)(=O)CC(=O)C1CCN(C(=O)c2csc3c2CCCC3)CC1. The van der Waals surface area contributed by atoms with Crippen LogP contribution in [0.1, 0.15) is 46.5 Å². The van der Waals surface area contributed by atoms with E-state index in [0.717, 1.165) is 31.1 Å². The number of rotatable bonds is 4. The maximum absolute atomic E-state index is 12.8. The Labute approximate surface area is 147 Å². The van der Waals surface area contributed by atoms with Crippen LogP contribution in [0.3, 0.4) is 0 Å². The van der Waals surface area contributed by atoms with E-state index in [-0.39, 0.29) is 23.4 Å². The van der Waals surface area contributed by atoms with Gasteiger partial charge < -0.3 is 4.90 Å². The lowest BCUT2D eigenvalue weighted by atomic mass is 9.92. The third kappa shape index (κ3) is 3.88. The van der Waals surface area contributed by atoms with Crippen molar-refractivity contribution >= 4 is 32.9 Å². The summed E-state index contributed by atoms with van der Waals surface area (Å²) in [5.74, 6) is -0.759. The van der Waals surface area contributed by atoms with Crippen LogP contribution in [0, 0.1) is 5.92 Å². The van der Waals surface area contributed by atoms with E-state index in [2.05, 4.69) is 0 Å². The minimum Gasteiger partial charge on any atom is -0.339 e. The molecule has 0 spiro atoms. The predicted molar refractivity (Wildman–Crippen MR) is 94.3 cm³/mol. The summed E-state index contributed by atoms with van der Waals surface area (Å²) in [6.07, 6.45) is 6.63. The molecule has 1 fully saturated rings. The van der Waals surface area contributed by atoms with Gasteiger partial charge in [-0.05, 0) is 44.1 Å². The van der Waals surface area contributed by atoms with Crippen LogP contribution in [0.2, 0.25) is 0 Å². The van der Waals surface area contributed by atoms with Crippen LogP contribution in [-0.2, 0) is 27.5 Å². The lowest BCUT2D eigenvalue weighted by Crippen LogP contribution is -2.41. The molecule has 5 nitrogen and oxygen atoms in total. The average molecular weight is 370 g/mol. The van der Waals surface area contributed by atoms with E-state index >= 15 is 0 Å². The second-order valence-electron chi connectivity index (χ2n) is 6.86. The van der Waals surface area contributed by atoms with Crippen LogP contribution in [0.5, 0.6) is 0 Å². The Morgan fingerprint density at radius 1 is 1.21 bits per heavy atom. The first kappa shape index (κ1) is 17.6. The van der Waals surface area contributed by atoms with Gasteiger partial charge in [-0.1, -0.05) is 0 Å². The monoisotopic (exact) mass is 369 g/mol. The Bertz CT molecular complexity index is 743. The van der Waals surface area contributed by atoms with E-state index in [1.54, 1.807) is 11.3 Å². The van der Waals surface area contributed by atoms with Gasteiger partial charge >= 0.3 is 0 Å². The van der Waals surface area contributed by atoms with E-state index in [1.165, 1.54) is 16.9 Å². The summed E-state index contributed by atoms with van der Waals surface area (Å²) in [6, 6.07) is 0. The van der Waals surface area contributed by atoms with E-state index in [9.17, 15) is 18.0 Å². The number of amides is 1. The van der Waals surface area contributed by atoms with Crippen molar-refractivity contribution in [3.05, 3.63) is 21.4 Å². The number of carbonyl (C=O) groups is 2. The van der Waals surface area contributed by atoms with Gasteiger partial charge in [0.1, 0.15) is 5.75 Å². The topological polar surface area (TPSA) is 71.5 Å². The first-order chi connectivity index (χ1) is 11.3. The van der Waals surface area contributed by atoms with E-state index < -0.39 is 9.84 Å². The van der Waals surface area contributed by atoms with Crippen LogP contribution in [-0.4, -0.2) is 50.1 Å². The van der Waals surface area contributed by atoms with Crippen molar-refractivity contribution in [3.63, 3.8) is 0 Å². The highest BCUT2D eigenvalue weighted by Crippen LogP contribution is 2.31. The second kappa shape index (κ2) is 6.96. The van der Waals surface area contributed by atoms with E-state index in [0.29, 0.717) is 25.9 Å². The molecule has 1 saturated heterocycles. The number of carbonyl (C=O) groups excluding carboxylic acids is 2. The van der Waals surface area contributed by atoms with Crippen molar-refractivity contribution < 1.29 is 18.0 Å². The number of likely N-dealkylation sites (tertiary alicyclic amines) is 1. The van der Waals surface area contributed by atoms with E-state index in [1.807, 2.05) is 10.3 Å². The summed E-state index contributed by atoms with van der Waals surface area (Å²) in [5, 5.41) is 1.99. The molecule has 7 heteroatoms. The molecule has 0 radical (unpaired) electrons. The van der Waals surface area contributed by atoms with Crippen LogP contribution in [0.4, 0.5) is 0 Å². The Balaban J connectivity index is 1.61. The van der Waals surface area contributed by atoms with Gasteiger partial charge in [-0.15, -0.1) is 11.3 Å². The van der Waals surface area contributed by atoms with Crippen molar-refractivity contribution in [1.82, 2.24) is 4.90 Å². The number of sulfone groups is 1. The number of hydrogen-bond acceptors (Lipinski definition) is 5. The minimum atomic E-state index is -3.28. The molecule has 132 valence electrons. The summed E-state index contributed by atoms with van der Waals surface area (Å²) in [5.41, 5.74) is 2.07. The number of thiophene rings is 1. The van der Waals surface area contributed by atoms with Crippen LogP contribution in [0.15, 0.2) is 5.38 Å². The number of nitrogens with zero attached hydrogens (tertiary/aromatic N) is 1. The molecule has 1 aromatic rings. The Kier molecular flexibility index (Phi) is 5.11. The maximum Gasteiger partial charge on any atom is 0.254 e. The van der Waals surface area contributed by atoms with Crippen molar-refractivity contribution in [2.24, 2.45) is 5.92 Å². The Hall–Kier alpha value is -1.21. The number of aryl methyl sites for hydroxylation is 1. The molecular formula is C17H23NO4S2. The quantitative estimate of drug-likeness (QED) is 0.815. The minimum absolute atomic E-state index is 0.0726. The second-order valence-corrected chi connectivity index (χ2v) is 9.97. The van der Waals surface area contributed by atoms with Gasteiger partial charge in [0.25, 0.3) is 5.91 Å². The molecule has 24 heavy (non-hydrogen) atoms. The molecular weight excluding hydrogens is 346 g/mol. The number of ketones is 1. The van der Waals surface area contributed by atoms with E-state index in [4.69, 9.17) is 0 Å². The van der Waals surface area contributed by atoms with Gasteiger partial charge in [-0.3, -0.25) is 9.59 Å². The number of fused-ring (bicyclic) bond motifs is 1. The number of hydrogen-bond donors (Lipinski definition) is 0. The molecule has 1 aliphatic carbocycles. The lowest BCUT2D eigenvalue weighted by molar-refractivity contribution is -0.121. The van der Waals surface area contributed by atoms with Crippen molar-refractivity contribution in [1.29, 1.82) is 0 Å². The maximum atomic E-state index is 12.8. The summed E-state index contributed by atoms with van der Waals surface area (Å²) in [4.78, 5) is 28.0. The fourth-order valence-electron chi connectivity index (χ4n) is 3.62. The first-order valence-corrected chi connectivity index (χ1v) is 11.4. The number of Topliss-reactive ketones (excluding diaryl/α,β-unsaturated/α-hetero) is 1. The lowest BCUT2D eigenvalue weighted by Gasteiger charge is -2.31. The highest BCUT2D eigenvalue weighted by Gasteiger charge is 2.30. The molecule has 2 heterocycles. The van der Waals surface area contributed by atoms with Crippen LogP contribution >= 0.6 is 11.3 Å². The van der Waals surface area contributed by atoms with Crippen molar-refractivity contribution in [3.8, 4) is 0 Å². The van der Waals surface area contributed by atoms with Gasteiger partial charge in [-0.25, -0.2) is 8.42 Å². The molecule has 0 bridgehead atoms. The molecule has 0 saturated carbocycles. The van der Waals surface area contributed by atoms with Crippen LogP contribution < -0.4 is 0 Å². The molecule has 3 rings (SSSR count). The van der Waals surface area contributed by atoms with Gasteiger partial charge in [0.2, 0.25) is 0 Å². The van der Waals surface area contributed by atoms with Crippen molar-refractivity contribution in [2.75, 3.05) is 25.1 Å². The van der Waals surface area contributed by atoms with Gasteiger partial charge in [0.05, 0.1) is 5.56 Å². The van der Waals surface area contributed by atoms with Gasteiger partial charge in [0, 0.05) is 35.5 Å². The number of piperidine rings is 1. The molecule has 1 aliphatic heterocycles. The highest BCUT2D eigenvalue weighted by molar-refractivity contribution is 7.91. The van der Waals surface area contributed by atoms with Crippen LogP contribution in [0.25, 0.3) is 0 Å². The fourth-order valence-corrected chi connectivity index (χ4v) is 5.50. The zero-order valence-electron chi connectivity index (χ0n) is 13.9. The average Bonchev–Trinajstić information content (AvgIpc) is 2.97. The molecule has 2 aliphatic rings. The predicted octanol–water partition coefficient (Wildman–Crippen LogP) is 2.09. The normalized spacial score (nSPS) is 19.1. The third-order valence-corrected chi connectivity index (χ3v) is 6.83. The first-order valence-electron chi connectivity index (χ1n) is 8.44. The third-order valence-electron chi connectivity index (χ3n) is 4.93. The summed E-state index contributed by atoms with van der Waals surface area (Å²) in [6.45, 7) is 1.06. The largest absolute Gasteiger partial charge is 0.339 e. The molecule has 1 aromatic heterocycles. The zero-order valence-corrected chi connectivity index (χ0v) is 15.5.